The molecule has 0 aliphatic carbocycles. The van der Waals surface area contributed by atoms with E-state index in [2.05, 4.69) is 0 Å². The van der Waals surface area contributed by atoms with Gasteiger partial charge in [0.2, 0.25) is 10.0 Å². The van der Waals surface area contributed by atoms with Crippen LogP contribution in [0.3, 0.4) is 0 Å². The molecule has 0 amide bonds. The Hall–Kier alpha value is -1.61. The molecule has 0 atom stereocenters. The van der Waals surface area contributed by atoms with E-state index in [9.17, 15) is 26.4 Å². The van der Waals surface area contributed by atoms with Crippen LogP contribution >= 0.6 is 0 Å². The van der Waals surface area contributed by atoms with E-state index in [1.807, 2.05) is 0 Å². The number of hydrogen-bond acceptors (Lipinski definition) is 3. The van der Waals surface area contributed by atoms with Gasteiger partial charge in [0.05, 0.1) is 10.5 Å². The molecule has 0 heterocycles. The molecule has 9 heteroatoms. The number of carbonyl (C=O) groups is 1. The zero-order valence-corrected chi connectivity index (χ0v) is 11.2. The highest BCUT2D eigenvalue weighted by atomic mass is 32.2. The van der Waals surface area contributed by atoms with Crippen LogP contribution in [-0.4, -0.2) is 36.9 Å². The summed E-state index contributed by atoms with van der Waals surface area (Å²) in [7, 11) is -4.53. The number of sulfonamides is 1. The minimum atomic E-state index is -4.84. The lowest BCUT2D eigenvalue weighted by Gasteiger charge is -2.21. The number of alkyl halides is 3. The molecule has 0 fully saturated rings. The number of aliphatic carboxylic acids is 1. The van der Waals surface area contributed by atoms with E-state index in [0.29, 0.717) is 10.4 Å². The Labute approximate surface area is 113 Å². The fourth-order valence-electron chi connectivity index (χ4n) is 1.58. The predicted molar refractivity (Wildman–Crippen MR) is 63.5 cm³/mol. The van der Waals surface area contributed by atoms with Crippen molar-refractivity contribution in [3.8, 4) is 0 Å². The monoisotopic (exact) mass is 311 g/mol. The smallest absolute Gasteiger partial charge is 0.417 e. The Morgan fingerprint density at radius 2 is 1.85 bits per heavy atom. The number of benzene rings is 1. The summed E-state index contributed by atoms with van der Waals surface area (Å²) in [4.78, 5) is 9.65. The first-order chi connectivity index (χ1) is 9.10. The molecular formula is C11H12F3NO4S. The molecule has 112 valence electrons. The predicted octanol–water partition coefficient (Wildman–Crippen LogP) is 1.80. The summed E-state index contributed by atoms with van der Waals surface area (Å²) >= 11 is 0. The molecule has 0 bridgehead atoms. The SMILES string of the molecule is CCN(CC(=O)O)S(=O)(=O)c1ccccc1C(F)(F)F. The second-order valence-corrected chi connectivity index (χ2v) is 5.73. The summed E-state index contributed by atoms with van der Waals surface area (Å²) in [6, 6.07) is 3.66. The summed E-state index contributed by atoms with van der Waals surface area (Å²) in [6.07, 6.45) is -4.84. The van der Waals surface area contributed by atoms with Gasteiger partial charge >= 0.3 is 12.1 Å². The quantitative estimate of drug-likeness (QED) is 0.900. The highest BCUT2D eigenvalue weighted by molar-refractivity contribution is 7.89. The summed E-state index contributed by atoms with van der Waals surface area (Å²) in [6.45, 7) is 0.197. The van der Waals surface area contributed by atoms with E-state index in [1.54, 1.807) is 0 Å². The molecule has 0 saturated carbocycles. The van der Waals surface area contributed by atoms with Gasteiger partial charge in [-0.25, -0.2) is 8.42 Å². The third-order valence-electron chi connectivity index (χ3n) is 2.47. The Balaban J connectivity index is 3.39. The number of carboxylic acid groups (broad SMARTS) is 1. The summed E-state index contributed by atoms with van der Waals surface area (Å²) in [5.74, 6) is -1.44. The van der Waals surface area contributed by atoms with E-state index >= 15 is 0 Å². The van der Waals surface area contributed by atoms with Gasteiger partial charge in [-0.3, -0.25) is 4.79 Å². The lowest BCUT2D eigenvalue weighted by Crippen LogP contribution is -2.36. The zero-order chi connectivity index (χ0) is 15.6. The molecule has 0 aliphatic rings. The molecule has 0 radical (unpaired) electrons. The van der Waals surface area contributed by atoms with Crippen molar-refractivity contribution in [2.75, 3.05) is 13.1 Å². The van der Waals surface area contributed by atoms with Crippen molar-refractivity contribution in [2.24, 2.45) is 0 Å². The lowest BCUT2D eigenvalue weighted by molar-refractivity contribution is -0.140. The van der Waals surface area contributed by atoms with Crippen LogP contribution in [0, 0.1) is 0 Å². The fourth-order valence-corrected chi connectivity index (χ4v) is 3.19. The topological polar surface area (TPSA) is 74.7 Å². The maximum Gasteiger partial charge on any atom is 0.417 e. The van der Waals surface area contributed by atoms with Gasteiger partial charge in [0, 0.05) is 6.54 Å². The molecule has 0 aromatic heterocycles. The Kier molecular flexibility index (Phi) is 4.77. The van der Waals surface area contributed by atoms with Crippen LogP contribution in [-0.2, 0) is 21.0 Å². The normalized spacial score (nSPS) is 12.7. The highest BCUT2D eigenvalue weighted by Gasteiger charge is 2.38. The number of likely N-dealkylation sites (N-methyl/N-ethyl adjacent to an activating group) is 1. The molecular weight excluding hydrogens is 299 g/mol. The van der Waals surface area contributed by atoms with Gasteiger partial charge in [0.15, 0.2) is 0 Å². The van der Waals surface area contributed by atoms with E-state index in [0.717, 1.165) is 18.2 Å². The number of rotatable bonds is 5. The van der Waals surface area contributed by atoms with E-state index in [1.165, 1.54) is 6.92 Å². The average molecular weight is 311 g/mol. The largest absolute Gasteiger partial charge is 0.480 e. The standard InChI is InChI=1S/C11H12F3NO4S/c1-2-15(7-10(16)17)20(18,19)9-6-4-3-5-8(9)11(12,13)14/h3-6H,2,7H2,1H3,(H,16,17). The average Bonchev–Trinajstić information content (AvgIpc) is 2.34. The molecule has 1 rings (SSSR count). The number of halogens is 3. The van der Waals surface area contributed by atoms with Gasteiger partial charge in [-0.05, 0) is 12.1 Å². The molecule has 0 aliphatic heterocycles. The Morgan fingerprint density at radius 3 is 2.30 bits per heavy atom. The molecule has 0 spiro atoms. The van der Waals surface area contributed by atoms with Crippen LogP contribution in [0.2, 0.25) is 0 Å². The molecule has 20 heavy (non-hydrogen) atoms. The Morgan fingerprint density at radius 1 is 1.30 bits per heavy atom. The zero-order valence-electron chi connectivity index (χ0n) is 10.4. The first kappa shape index (κ1) is 16.4. The van der Waals surface area contributed by atoms with E-state index in [4.69, 9.17) is 5.11 Å². The number of nitrogens with zero attached hydrogens (tertiary/aromatic N) is 1. The second kappa shape index (κ2) is 5.80. The minimum Gasteiger partial charge on any atom is -0.480 e. The summed E-state index contributed by atoms with van der Waals surface area (Å²) in [5, 5.41) is 8.63. The molecule has 1 aromatic rings. The van der Waals surface area contributed by atoms with Gasteiger partial charge in [0.1, 0.15) is 6.54 Å². The van der Waals surface area contributed by atoms with Crippen molar-refractivity contribution in [2.45, 2.75) is 18.0 Å². The van der Waals surface area contributed by atoms with Crippen molar-refractivity contribution in [3.63, 3.8) is 0 Å². The maximum absolute atomic E-state index is 12.8. The van der Waals surface area contributed by atoms with Crippen molar-refractivity contribution >= 4 is 16.0 Å². The first-order valence-corrected chi connectivity index (χ1v) is 6.93. The number of hydrogen-bond donors (Lipinski definition) is 1. The second-order valence-electron chi connectivity index (χ2n) is 3.82. The van der Waals surface area contributed by atoms with Crippen LogP contribution in [0.15, 0.2) is 29.2 Å². The van der Waals surface area contributed by atoms with E-state index < -0.39 is 39.2 Å². The van der Waals surface area contributed by atoms with Gasteiger partial charge < -0.3 is 5.11 Å². The lowest BCUT2D eigenvalue weighted by atomic mass is 10.2. The number of carboxylic acids is 1. The molecule has 0 saturated heterocycles. The molecule has 1 N–H and O–H groups in total. The van der Waals surface area contributed by atoms with Crippen molar-refractivity contribution in [1.82, 2.24) is 4.31 Å². The van der Waals surface area contributed by atoms with Gasteiger partial charge in [0.25, 0.3) is 0 Å². The van der Waals surface area contributed by atoms with Crippen LogP contribution in [0.5, 0.6) is 0 Å². The highest BCUT2D eigenvalue weighted by Crippen LogP contribution is 2.34. The van der Waals surface area contributed by atoms with Gasteiger partial charge in [-0.15, -0.1) is 0 Å². The summed E-state index contributed by atoms with van der Waals surface area (Å²) < 4.78 is 63.2. The van der Waals surface area contributed by atoms with Crippen molar-refractivity contribution in [3.05, 3.63) is 29.8 Å². The van der Waals surface area contributed by atoms with Crippen molar-refractivity contribution < 1.29 is 31.5 Å². The maximum atomic E-state index is 12.8. The molecule has 1 aromatic carbocycles. The van der Waals surface area contributed by atoms with Crippen LogP contribution < -0.4 is 0 Å². The van der Waals surface area contributed by atoms with E-state index in [-0.39, 0.29) is 6.54 Å². The summed E-state index contributed by atoms with van der Waals surface area (Å²) in [5.41, 5.74) is -1.32. The van der Waals surface area contributed by atoms with Crippen molar-refractivity contribution in [1.29, 1.82) is 0 Å². The minimum absolute atomic E-state index is 0.249. The fraction of sp³-hybridized carbons (Fsp3) is 0.364. The van der Waals surface area contributed by atoms with Crippen LogP contribution in [0.25, 0.3) is 0 Å². The first-order valence-electron chi connectivity index (χ1n) is 5.49. The third kappa shape index (κ3) is 3.48. The van der Waals surface area contributed by atoms with Crippen LogP contribution in [0.4, 0.5) is 13.2 Å². The van der Waals surface area contributed by atoms with Gasteiger partial charge in [-0.2, -0.15) is 17.5 Å². The Bertz CT molecular complexity index is 598. The van der Waals surface area contributed by atoms with Crippen LogP contribution in [0.1, 0.15) is 12.5 Å². The third-order valence-corrected chi connectivity index (χ3v) is 4.45. The molecule has 0 unspecified atom stereocenters. The van der Waals surface area contributed by atoms with Gasteiger partial charge in [-0.1, -0.05) is 19.1 Å². The molecule has 5 nitrogen and oxygen atoms in total.